The fourth-order valence-corrected chi connectivity index (χ4v) is 2.31. The Morgan fingerprint density at radius 2 is 2.00 bits per heavy atom. The third-order valence-corrected chi connectivity index (χ3v) is 3.49. The quantitative estimate of drug-likeness (QED) is 0.774. The summed E-state index contributed by atoms with van der Waals surface area (Å²) >= 11 is 5.95. The fraction of sp³-hybridized carbons (Fsp3) is 0.125. The number of halogens is 1. The van der Waals surface area contributed by atoms with E-state index in [1.54, 1.807) is 24.3 Å². The molecule has 0 saturated heterocycles. The Labute approximate surface area is 127 Å². The highest BCUT2D eigenvalue weighted by molar-refractivity contribution is 6.31. The molecular formula is C16H14ClN3O. The van der Waals surface area contributed by atoms with Gasteiger partial charge in [-0.25, -0.2) is 4.98 Å². The maximum absolute atomic E-state index is 12.1. The Balaban J connectivity index is 1.80. The van der Waals surface area contributed by atoms with Gasteiger partial charge in [0.25, 0.3) is 5.91 Å². The number of carbonyl (C=O) groups is 1. The number of aromatic nitrogens is 2. The average Bonchev–Trinajstić information content (AvgIpc) is 2.91. The number of nitrogens with one attached hydrogen (secondary N) is 2. The summed E-state index contributed by atoms with van der Waals surface area (Å²) in [6, 6.07) is 14.4. The van der Waals surface area contributed by atoms with Gasteiger partial charge in [0.05, 0.1) is 17.1 Å². The number of nitrogens with zero attached hydrogens (tertiary/aromatic N) is 1. The lowest BCUT2D eigenvalue weighted by atomic mass is 10.2. The molecule has 1 amide bonds. The SMILES string of the molecule is CC(NC(=O)c1ccccc1)c1nc2cc(Cl)ccc2[nH]1. The molecule has 21 heavy (non-hydrogen) atoms. The van der Waals surface area contributed by atoms with E-state index in [-0.39, 0.29) is 11.9 Å². The number of hydrogen-bond acceptors (Lipinski definition) is 2. The predicted octanol–water partition coefficient (Wildman–Crippen LogP) is 3.71. The highest BCUT2D eigenvalue weighted by atomic mass is 35.5. The third kappa shape index (κ3) is 2.90. The maximum Gasteiger partial charge on any atom is 0.251 e. The molecule has 5 heteroatoms. The van der Waals surface area contributed by atoms with Gasteiger partial charge < -0.3 is 10.3 Å². The van der Waals surface area contributed by atoms with Crippen molar-refractivity contribution in [1.82, 2.24) is 15.3 Å². The molecule has 1 unspecified atom stereocenters. The highest BCUT2D eigenvalue weighted by Crippen LogP contribution is 2.20. The zero-order valence-corrected chi connectivity index (χ0v) is 12.2. The Kier molecular flexibility index (Phi) is 3.62. The Morgan fingerprint density at radius 3 is 2.76 bits per heavy atom. The fourth-order valence-electron chi connectivity index (χ4n) is 2.14. The number of fused-ring (bicyclic) bond motifs is 1. The van der Waals surface area contributed by atoms with Crippen LogP contribution in [0.2, 0.25) is 5.02 Å². The number of imidazole rings is 1. The summed E-state index contributed by atoms with van der Waals surface area (Å²) in [5.74, 6) is 0.582. The van der Waals surface area contributed by atoms with Crippen molar-refractivity contribution in [3.05, 3.63) is 64.9 Å². The van der Waals surface area contributed by atoms with E-state index in [9.17, 15) is 4.79 Å². The van der Waals surface area contributed by atoms with E-state index in [0.29, 0.717) is 16.4 Å². The van der Waals surface area contributed by atoms with Crippen LogP contribution in [0.3, 0.4) is 0 Å². The minimum absolute atomic E-state index is 0.124. The topological polar surface area (TPSA) is 57.8 Å². The Hall–Kier alpha value is -2.33. The van der Waals surface area contributed by atoms with Crippen molar-refractivity contribution in [1.29, 1.82) is 0 Å². The molecule has 2 N–H and O–H groups in total. The maximum atomic E-state index is 12.1. The van der Waals surface area contributed by atoms with Gasteiger partial charge in [0.1, 0.15) is 5.82 Å². The van der Waals surface area contributed by atoms with Crippen LogP contribution in [0.1, 0.15) is 29.1 Å². The van der Waals surface area contributed by atoms with Crippen LogP contribution >= 0.6 is 11.6 Å². The van der Waals surface area contributed by atoms with Crippen LogP contribution in [0.15, 0.2) is 48.5 Å². The second-order valence-corrected chi connectivity index (χ2v) is 5.28. The lowest BCUT2D eigenvalue weighted by Crippen LogP contribution is -2.27. The van der Waals surface area contributed by atoms with E-state index in [2.05, 4.69) is 15.3 Å². The van der Waals surface area contributed by atoms with Gasteiger partial charge in [-0.1, -0.05) is 29.8 Å². The van der Waals surface area contributed by atoms with Gasteiger partial charge >= 0.3 is 0 Å². The summed E-state index contributed by atoms with van der Waals surface area (Å²) in [5.41, 5.74) is 2.32. The van der Waals surface area contributed by atoms with Crippen molar-refractivity contribution in [3.8, 4) is 0 Å². The van der Waals surface area contributed by atoms with Gasteiger partial charge in [-0.05, 0) is 37.3 Å². The van der Waals surface area contributed by atoms with Crippen LogP contribution in [0, 0.1) is 0 Å². The summed E-state index contributed by atoms with van der Waals surface area (Å²) in [5, 5.41) is 3.56. The first-order chi connectivity index (χ1) is 10.1. The first-order valence-electron chi connectivity index (χ1n) is 6.64. The lowest BCUT2D eigenvalue weighted by molar-refractivity contribution is 0.0938. The van der Waals surface area contributed by atoms with Crippen molar-refractivity contribution < 1.29 is 4.79 Å². The number of rotatable bonds is 3. The molecule has 0 fully saturated rings. The van der Waals surface area contributed by atoms with E-state index in [0.717, 1.165) is 11.0 Å². The van der Waals surface area contributed by atoms with E-state index < -0.39 is 0 Å². The van der Waals surface area contributed by atoms with Crippen LogP contribution in [0.4, 0.5) is 0 Å². The largest absolute Gasteiger partial charge is 0.342 e. The molecule has 0 radical (unpaired) electrons. The molecule has 0 saturated carbocycles. The minimum Gasteiger partial charge on any atom is -0.342 e. The molecular weight excluding hydrogens is 286 g/mol. The first-order valence-corrected chi connectivity index (χ1v) is 7.02. The van der Waals surface area contributed by atoms with Crippen molar-refractivity contribution in [2.75, 3.05) is 0 Å². The number of amides is 1. The minimum atomic E-state index is -0.219. The van der Waals surface area contributed by atoms with Gasteiger partial charge in [-0.2, -0.15) is 0 Å². The standard InChI is InChI=1S/C16H14ClN3O/c1-10(18-16(21)11-5-3-2-4-6-11)15-19-13-8-7-12(17)9-14(13)20-15/h2-10H,1H3,(H,18,21)(H,19,20). The van der Waals surface area contributed by atoms with Crippen LogP contribution < -0.4 is 5.32 Å². The van der Waals surface area contributed by atoms with Crippen molar-refractivity contribution in [3.63, 3.8) is 0 Å². The molecule has 4 nitrogen and oxygen atoms in total. The number of carbonyl (C=O) groups excluding carboxylic acids is 1. The summed E-state index contributed by atoms with van der Waals surface area (Å²) in [4.78, 5) is 19.8. The zero-order chi connectivity index (χ0) is 14.8. The Bertz CT molecular complexity index is 783. The molecule has 0 aliphatic heterocycles. The molecule has 0 bridgehead atoms. The molecule has 3 rings (SSSR count). The molecule has 0 aliphatic carbocycles. The van der Waals surface area contributed by atoms with Crippen molar-refractivity contribution in [2.24, 2.45) is 0 Å². The summed E-state index contributed by atoms with van der Waals surface area (Å²) in [6.07, 6.45) is 0. The normalized spacial score (nSPS) is 12.3. The summed E-state index contributed by atoms with van der Waals surface area (Å²) < 4.78 is 0. The zero-order valence-electron chi connectivity index (χ0n) is 11.4. The predicted molar refractivity (Wildman–Crippen MR) is 83.4 cm³/mol. The molecule has 1 atom stereocenters. The second-order valence-electron chi connectivity index (χ2n) is 4.84. The van der Waals surface area contributed by atoms with Gasteiger partial charge in [0, 0.05) is 10.6 Å². The second kappa shape index (κ2) is 5.58. The number of H-pyrrole nitrogens is 1. The van der Waals surface area contributed by atoms with Gasteiger partial charge in [-0.15, -0.1) is 0 Å². The molecule has 1 heterocycles. The average molecular weight is 300 g/mol. The molecule has 0 aliphatic rings. The molecule has 106 valence electrons. The Morgan fingerprint density at radius 1 is 1.24 bits per heavy atom. The first kappa shape index (κ1) is 13.6. The van der Waals surface area contributed by atoms with Crippen LogP contribution in [-0.4, -0.2) is 15.9 Å². The third-order valence-electron chi connectivity index (χ3n) is 3.26. The van der Waals surface area contributed by atoms with Crippen LogP contribution in [0.25, 0.3) is 11.0 Å². The van der Waals surface area contributed by atoms with E-state index in [1.807, 2.05) is 31.2 Å². The molecule has 0 spiro atoms. The van der Waals surface area contributed by atoms with Crippen molar-refractivity contribution in [2.45, 2.75) is 13.0 Å². The van der Waals surface area contributed by atoms with Gasteiger partial charge in [-0.3, -0.25) is 4.79 Å². The van der Waals surface area contributed by atoms with Crippen LogP contribution in [0.5, 0.6) is 0 Å². The van der Waals surface area contributed by atoms with E-state index >= 15 is 0 Å². The molecule has 1 aromatic heterocycles. The molecule has 3 aromatic rings. The molecule has 2 aromatic carbocycles. The van der Waals surface area contributed by atoms with Gasteiger partial charge in [0.15, 0.2) is 0 Å². The number of benzene rings is 2. The van der Waals surface area contributed by atoms with Crippen molar-refractivity contribution >= 4 is 28.5 Å². The van der Waals surface area contributed by atoms with E-state index in [4.69, 9.17) is 11.6 Å². The summed E-state index contributed by atoms with van der Waals surface area (Å²) in [7, 11) is 0. The van der Waals surface area contributed by atoms with E-state index in [1.165, 1.54) is 0 Å². The smallest absolute Gasteiger partial charge is 0.251 e. The number of hydrogen-bond donors (Lipinski definition) is 2. The van der Waals surface area contributed by atoms with Crippen LogP contribution in [-0.2, 0) is 0 Å². The highest BCUT2D eigenvalue weighted by Gasteiger charge is 2.14. The number of aromatic amines is 1. The summed E-state index contributed by atoms with van der Waals surface area (Å²) in [6.45, 7) is 1.89. The monoisotopic (exact) mass is 299 g/mol. The van der Waals surface area contributed by atoms with Gasteiger partial charge in [0.2, 0.25) is 0 Å². The lowest BCUT2D eigenvalue weighted by Gasteiger charge is -2.11.